The van der Waals surface area contributed by atoms with Gasteiger partial charge in [0.15, 0.2) is 0 Å². The SMILES string of the molecule is COc1ccc(S(=O)(=O)N2CC(CN)CCC2C)cc1Br. The fourth-order valence-electron chi connectivity index (χ4n) is 2.62. The number of piperidine rings is 1. The topological polar surface area (TPSA) is 72.6 Å². The van der Waals surface area contributed by atoms with Crippen LogP contribution in [-0.4, -0.2) is 39.0 Å². The summed E-state index contributed by atoms with van der Waals surface area (Å²) in [6.07, 6.45) is 1.83. The van der Waals surface area contributed by atoms with Crippen molar-refractivity contribution in [2.24, 2.45) is 11.7 Å². The summed E-state index contributed by atoms with van der Waals surface area (Å²) in [5.74, 6) is 0.846. The molecule has 0 spiro atoms. The van der Waals surface area contributed by atoms with Crippen LogP contribution in [0, 0.1) is 5.92 Å². The van der Waals surface area contributed by atoms with E-state index in [9.17, 15) is 8.42 Å². The maximum Gasteiger partial charge on any atom is 0.243 e. The average molecular weight is 377 g/mol. The second-order valence-corrected chi connectivity index (χ2v) is 8.14. The molecule has 0 bridgehead atoms. The molecule has 7 heteroatoms. The zero-order valence-electron chi connectivity index (χ0n) is 12.3. The number of sulfonamides is 1. The minimum atomic E-state index is -3.51. The van der Waals surface area contributed by atoms with E-state index >= 15 is 0 Å². The molecule has 0 aromatic heterocycles. The molecule has 0 aliphatic carbocycles. The van der Waals surface area contributed by atoms with Crippen molar-refractivity contribution in [1.29, 1.82) is 0 Å². The molecular formula is C14H21BrN2O3S. The van der Waals surface area contributed by atoms with E-state index in [1.807, 2.05) is 6.92 Å². The van der Waals surface area contributed by atoms with E-state index in [0.29, 0.717) is 23.3 Å². The Bertz CT molecular complexity index is 606. The number of benzene rings is 1. The van der Waals surface area contributed by atoms with Crippen molar-refractivity contribution in [1.82, 2.24) is 4.31 Å². The lowest BCUT2D eigenvalue weighted by Gasteiger charge is -2.36. The lowest BCUT2D eigenvalue weighted by atomic mass is 9.96. The monoisotopic (exact) mass is 376 g/mol. The van der Waals surface area contributed by atoms with Crippen LogP contribution in [0.15, 0.2) is 27.6 Å². The molecule has 0 saturated carbocycles. The first-order chi connectivity index (χ1) is 9.90. The number of ether oxygens (including phenoxy) is 1. The number of hydrogen-bond donors (Lipinski definition) is 1. The predicted octanol–water partition coefficient (Wildman–Crippen LogP) is 2.21. The summed E-state index contributed by atoms with van der Waals surface area (Å²) in [6, 6.07) is 4.83. The van der Waals surface area contributed by atoms with Crippen molar-refractivity contribution in [2.75, 3.05) is 20.2 Å². The maximum atomic E-state index is 12.8. The van der Waals surface area contributed by atoms with Crippen molar-refractivity contribution in [3.05, 3.63) is 22.7 Å². The Hall–Kier alpha value is -0.630. The standard InChI is InChI=1S/C14H21BrN2O3S/c1-10-3-4-11(8-16)9-17(10)21(18,19)12-5-6-14(20-2)13(15)7-12/h5-7,10-11H,3-4,8-9,16H2,1-2H3. The number of hydrogen-bond acceptors (Lipinski definition) is 4. The van der Waals surface area contributed by atoms with Gasteiger partial charge in [-0.2, -0.15) is 4.31 Å². The van der Waals surface area contributed by atoms with E-state index in [0.717, 1.165) is 12.8 Å². The molecule has 1 heterocycles. The Kier molecular flexibility index (Phi) is 5.29. The summed E-state index contributed by atoms with van der Waals surface area (Å²) < 4.78 is 33.0. The van der Waals surface area contributed by atoms with Crippen LogP contribution >= 0.6 is 15.9 Å². The molecule has 0 amide bonds. The molecule has 2 unspecified atom stereocenters. The van der Waals surface area contributed by atoms with Crippen LogP contribution in [0.2, 0.25) is 0 Å². The number of halogens is 1. The molecule has 21 heavy (non-hydrogen) atoms. The fourth-order valence-corrected chi connectivity index (χ4v) is 5.07. The lowest BCUT2D eigenvalue weighted by Crippen LogP contribution is -2.46. The van der Waals surface area contributed by atoms with Crippen molar-refractivity contribution in [3.8, 4) is 5.75 Å². The van der Waals surface area contributed by atoms with Gasteiger partial charge in [-0.05, 0) is 66.4 Å². The van der Waals surface area contributed by atoms with Gasteiger partial charge in [-0.25, -0.2) is 8.42 Å². The quantitative estimate of drug-likeness (QED) is 0.873. The molecule has 1 aliphatic rings. The second-order valence-electron chi connectivity index (χ2n) is 5.40. The van der Waals surface area contributed by atoms with Gasteiger partial charge in [-0.3, -0.25) is 0 Å². The highest BCUT2D eigenvalue weighted by Crippen LogP contribution is 2.32. The maximum absolute atomic E-state index is 12.8. The van der Waals surface area contributed by atoms with E-state index in [1.165, 1.54) is 0 Å². The zero-order valence-corrected chi connectivity index (χ0v) is 14.7. The molecule has 1 aromatic carbocycles. The smallest absolute Gasteiger partial charge is 0.243 e. The number of methoxy groups -OCH3 is 1. The van der Waals surface area contributed by atoms with Gasteiger partial charge in [0.1, 0.15) is 5.75 Å². The molecule has 1 aliphatic heterocycles. The van der Waals surface area contributed by atoms with E-state index in [4.69, 9.17) is 10.5 Å². The van der Waals surface area contributed by atoms with Gasteiger partial charge in [0.05, 0.1) is 16.5 Å². The normalized spacial score (nSPS) is 24.0. The summed E-state index contributed by atoms with van der Waals surface area (Å²) in [5.41, 5.74) is 5.71. The number of rotatable bonds is 4. The molecular weight excluding hydrogens is 356 g/mol. The highest BCUT2D eigenvalue weighted by atomic mass is 79.9. The van der Waals surface area contributed by atoms with Crippen molar-refractivity contribution < 1.29 is 13.2 Å². The Morgan fingerprint density at radius 2 is 2.14 bits per heavy atom. The molecule has 1 saturated heterocycles. The van der Waals surface area contributed by atoms with Crippen LogP contribution in [0.1, 0.15) is 19.8 Å². The zero-order chi connectivity index (χ0) is 15.6. The van der Waals surface area contributed by atoms with Gasteiger partial charge in [0.2, 0.25) is 10.0 Å². The van der Waals surface area contributed by atoms with Gasteiger partial charge in [-0.15, -0.1) is 0 Å². The highest BCUT2D eigenvalue weighted by Gasteiger charge is 2.34. The first kappa shape index (κ1) is 16.7. The van der Waals surface area contributed by atoms with Crippen LogP contribution in [0.5, 0.6) is 5.75 Å². The third-order valence-electron chi connectivity index (χ3n) is 3.99. The summed E-state index contributed by atoms with van der Waals surface area (Å²) in [7, 11) is -1.96. The molecule has 1 fully saturated rings. The van der Waals surface area contributed by atoms with Gasteiger partial charge >= 0.3 is 0 Å². The van der Waals surface area contributed by atoms with E-state index in [-0.39, 0.29) is 16.9 Å². The van der Waals surface area contributed by atoms with Crippen LogP contribution in [0.3, 0.4) is 0 Å². The summed E-state index contributed by atoms with van der Waals surface area (Å²) in [4.78, 5) is 0.277. The van der Waals surface area contributed by atoms with E-state index in [1.54, 1.807) is 29.6 Å². The van der Waals surface area contributed by atoms with E-state index < -0.39 is 10.0 Å². The largest absolute Gasteiger partial charge is 0.496 e. The van der Waals surface area contributed by atoms with Crippen LogP contribution in [0.4, 0.5) is 0 Å². The number of nitrogens with zero attached hydrogens (tertiary/aromatic N) is 1. The molecule has 2 rings (SSSR count). The lowest BCUT2D eigenvalue weighted by molar-refractivity contribution is 0.211. The van der Waals surface area contributed by atoms with Crippen molar-refractivity contribution in [3.63, 3.8) is 0 Å². The summed E-state index contributed by atoms with van der Waals surface area (Å²) in [5, 5.41) is 0. The summed E-state index contributed by atoms with van der Waals surface area (Å²) in [6.45, 7) is 2.96. The minimum Gasteiger partial charge on any atom is -0.496 e. The van der Waals surface area contributed by atoms with Crippen LogP contribution < -0.4 is 10.5 Å². The minimum absolute atomic E-state index is 0.00122. The summed E-state index contributed by atoms with van der Waals surface area (Å²) >= 11 is 3.34. The Morgan fingerprint density at radius 1 is 1.43 bits per heavy atom. The first-order valence-electron chi connectivity index (χ1n) is 6.95. The van der Waals surface area contributed by atoms with Crippen molar-refractivity contribution >= 4 is 26.0 Å². The molecule has 118 valence electrons. The first-order valence-corrected chi connectivity index (χ1v) is 9.19. The molecule has 1 aromatic rings. The average Bonchev–Trinajstić information content (AvgIpc) is 2.47. The van der Waals surface area contributed by atoms with Gasteiger partial charge in [-0.1, -0.05) is 0 Å². The van der Waals surface area contributed by atoms with Gasteiger partial charge < -0.3 is 10.5 Å². The Balaban J connectivity index is 2.34. The molecule has 2 N–H and O–H groups in total. The molecule has 0 radical (unpaired) electrons. The van der Waals surface area contributed by atoms with Crippen LogP contribution in [0.25, 0.3) is 0 Å². The molecule has 5 nitrogen and oxygen atoms in total. The van der Waals surface area contributed by atoms with Crippen molar-refractivity contribution in [2.45, 2.75) is 30.7 Å². The number of nitrogens with two attached hydrogens (primary N) is 1. The highest BCUT2D eigenvalue weighted by molar-refractivity contribution is 9.10. The Labute approximate surface area is 134 Å². The molecule has 2 atom stereocenters. The second kappa shape index (κ2) is 6.64. The van der Waals surface area contributed by atoms with Gasteiger partial charge in [0, 0.05) is 12.6 Å². The fraction of sp³-hybridized carbons (Fsp3) is 0.571. The predicted molar refractivity (Wildman–Crippen MR) is 85.8 cm³/mol. The van der Waals surface area contributed by atoms with Crippen LogP contribution in [-0.2, 0) is 10.0 Å². The van der Waals surface area contributed by atoms with Gasteiger partial charge in [0.25, 0.3) is 0 Å². The third kappa shape index (κ3) is 3.41. The third-order valence-corrected chi connectivity index (χ3v) is 6.58. The Morgan fingerprint density at radius 3 is 2.71 bits per heavy atom. The van der Waals surface area contributed by atoms with E-state index in [2.05, 4.69) is 15.9 Å².